The van der Waals surface area contributed by atoms with Gasteiger partial charge in [0.05, 0.1) is 11.2 Å². The molecule has 0 saturated carbocycles. The van der Waals surface area contributed by atoms with E-state index in [1.807, 2.05) is 6.92 Å². The molecule has 0 aliphatic carbocycles. The molecule has 0 radical (unpaired) electrons. The van der Waals surface area contributed by atoms with Crippen LogP contribution in [0, 0.1) is 0 Å². The SMILES string of the molecule is CCCN(CC1CCCN1)S(=O)(=O)c1c(Cl)cnn1C. The van der Waals surface area contributed by atoms with Crippen molar-refractivity contribution in [1.82, 2.24) is 19.4 Å². The van der Waals surface area contributed by atoms with E-state index in [0.29, 0.717) is 13.1 Å². The van der Waals surface area contributed by atoms with Crippen LogP contribution in [0.1, 0.15) is 26.2 Å². The van der Waals surface area contributed by atoms with E-state index < -0.39 is 10.0 Å². The van der Waals surface area contributed by atoms with Crippen LogP contribution in [0.2, 0.25) is 5.02 Å². The molecule has 0 amide bonds. The molecule has 1 N–H and O–H groups in total. The zero-order chi connectivity index (χ0) is 14.8. The van der Waals surface area contributed by atoms with E-state index in [9.17, 15) is 8.42 Å². The first-order valence-corrected chi connectivity index (χ1v) is 8.69. The predicted molar refractivity (Wildman–Crippen MR) is 78.3 cm³/mol. The van der Waals surface area contributed by atoms with Crippen molar-refractivity contribution in [3.05, 3.63) is 11.2 Å². The second-order valence-electron chi connectivity index (χ2n) is 5.08. The van der Waals surface area contributed by atoms with E-state index in [2.05, 4.69) is 10.4 Å². The molecule has 1 unspecified atom stereocenters. The van der Waals surface area contributed by atoms with Crippen molar-refractivity contribution in [3.8, 4) is 0 Å². The summed E-state index contributed by atoms with van der Waals surface area (Å²) in [5.41, 5.74) is 0. The third-order valence-electron chi connectivity index (χ3n) is 3.49. The van der Waals surface area contributed by atoms with Gasteiger partial charge < -0.3 is 5.32 Å². The van der Waals surface area contributed by atoms with Gasteiger partial charge in [0.15, 0.2) is 5.03 Å². The molecular formula is C12H21ClN4O2S. The normalized spacial score (nSPS) is 19.9. The van der Waals surface area contributed by atoms with Gasteiger partial charge in [-0.1, -0.05) is 18.5 Å². The van der Waals surface area contributed by atoms with Crippen molar-refractivity contribution in [2.24, 2.45) is 7.05 Å². The summed E-state index contributed by atoms with van der Waals surface area (Å²) in [7, 11) is -2.01. The number of hydrogen-bond donors (Lipinski definition) is 1. The molecule has 1 aliphatic heterocycles. The number of nitrogens with one attached hydrogen (secondary N) is 1. The monoisotopic (exact) mass is 320 g/mol. The van der Waals surface area contributed by atoms with Gasteiger partial charge in [0.1, 0.15) is 0 Å². The molecule has 1 atom stereocenters. The molecule has 2 heterocycles. The van der Waals surface area contributed by atoms with Gasteiger partial charge >= 0.3 is 0 Å². The van der Waals surface area contributed by atoms with Gasteiger partial charge in [-0.2, -0.15) is 9.40 Å². The molecule has 1 fully saturated rings. The average Bonchev–Trinajstić information content (AvgIpc) is 2.99. The number of hydrogen-bond acceptors (Lipinski definition) is 4. The van der Waals surface area contributed by atoms with Gasteiger partial charge in [0, 0.05) is 26.2 Å². The Labute approximate surface area is 125 Å². The topological polar surface area (TPSA) is 67.2 Å². The maximum absolute atomic E-state index is 12.8. The van der Waals surface area contributed by atoms with E-state index >= 15 is 0 Å². The number of rotatable bonds is 6. The van der Waals surface area contributed by atoms with E-state index in [1.54, 1.807) is 7.05 Å². The van der Waals surface area contributed by atoms with Crippen molar-refractivity contribution < 1.29 is 8.42 Å². The fourth-order valence-electron chi connectivity index (χ4n) is 2.53. The van der Waals surface area contributed by atoms with Gasteiger partial charge in [0.2, 0.25) is 0 Å². The lowest BCUT2D eigenvalue weighted by Gasteiger charge is -2.24. The predicted octanol–water partition coefficient (Wildman–Crippen LogP) is 1.23. The minimum atomic E-state index is -3.61. The molecule has 1 aliphatic rings. The number of aryl methyl sites for hydroxylation is 1. The highest BCUT2D eigenvalue weighted by Crippen LogP contribution is 2.24. The molecule has 1 aromatic rings. The lowest BCUT2D eigenvalue weighted by atomic mass is 10.2. The molecule has 1 saturated heterocycles. The molecule has 114 valence electrons. The third-order valence-corrected chi connectivity index (χ3v) is 5.86. The maximum Gasteiger partial charge on any atom is 0.261 e. The number of sulfonamides is 1. The van der Waals surface area contributed by atoms with Gasteiger partial charge in [-0.25, -0.2) is 8.42 Å². The Bertz CT molecular complexity index is 532. The van der Waals surface area contributed by atoms with Crippen LogP contribution in [0.3, 0.4) is 0 Å². The largest absolute Gasteiger partial charge is 0.313 e. The van der Waals surface area contributed by atoms with Gasteiger partial charge in [-0.3, -0.25) is 4.68 Å². The van der Waals surface area contributed by atoms with Gasteiger partial charge in [-0.05, 0) is 25.8 Å². The molecule has 0 aromatic carbocycles. The fourth-order valence-corrected chi connectivity index (χ4v) is 4.71. The van der Waals surface area contributed by atoms with Crippen molar-refractivity contribution in [2.45, 2.75) is 37.3 Å². The van der Waals surface area contributed by atoms with Crippen molar-refractivity contribution in [2.75, 3.05) is 19.6 Å². The highest BCUT2D eigenvalue weighted by atomic mass is 35.5. The Morgan fingerprint density at radius 1 is 1.60 bits per heavy atom. The Balaban J connectivity index is 2.27. The first-order valence-electron chi connectivity index (χ1n) is 6.87. The highest BCUT2D eigenvalue weighted by molar-refractivity contribution is 7.89. The molecule has 0 bridgehead atoms. The highest BCUT2D eigenvalue weighted by Gasteiger charge is 2.31. The summed E-state index contributed by atoms with van der Waals surface area (Å²) >= 11 is 5.99. The molecule has 0 spiro atoms. The summed E-state index contributed by atoms with van der Waals surface area (Å²) in [6.45, 7) is 3.90. The first kappa shape index (κ1) is 15.8. The summed E-state index contributed by atoms with van der Waals surface area (Å²) in [5.74, 6) is 0. The number of aromatic nitrogens is 2. The third kappa shape index (κ3) is 3.16. The molecule has 20 heavy (non-hydrogen) atoms. The Morgan fingerprint density at radius 3 is 2.85 bits per heavy atom. The van der Waals surface area contributed by atoms with Crippen LogP contribution in [0.15, 0.2) is 11.2 Å². The lowest BCUT2D eigenvalue weighted by Crippen LogP contribution is -2.42. The zero-order valence-electron chi connectivity index (χ0n) is 11.8. The van der Waals surface area contributed by atoms with Crippen LogP contribution >= 0.6 is 11.6 Å². The molecule has 2 rings (SSSR count). The summed E-state index contributed by atoms with van der Waals surface area (Å²) in [5, 5.41) is 7.50. The Kier molecular flexibility index (Phi) is 5.06. The molecule has 6 nitrogen and oxygen atoms in total. The van der Waals surface area contributed by atoms with Gasteiger partial charge in [-0.15, -0.1) is 0 Å². The summed E-state index contributed by atoms with van der Waals surface area (Å²) in [6.07, 6.45) is 4.24. The summed E-state index contributed by atoms with van der Waals surface area (Å²) < 4.78 is 28.4. The van der Waals surface area contributed by atoms with Crippen molar-refractivity contribution in [3.63, 3.8) is 0 Å². The van der Waals surface area contributed by atoms with E-state index in [1.165, 1.54) is 15.2 Å². The van der Waals surface area contributed by atoms with Gasteiger partial charge in [0.25, 0.3) is 10.0 Å². The van der Waals surface area contributed by atoms with E-state index in [-0.39, 0.29) is 16.1 Å². The molecule has 8 heteroatoms. The molecule has 1 aromatic heterocycles. The summed E-state index contributed by atoms with van der Waals surface area (Å²) in [4.78, 5) is 0. The minimum absolute atomic E-state index is 0.0746. The van der Waals surface area contributed by atoms with E-state index in [0.717, 1.165) is 25.8 Å². The second kappa shape index (κ2) is 6.43. The Hall–Kier alpha value is -0.630. The zero-order valence-corrected chi connectivity index (χ0v) is 13.4. The molecular weight excluding hydrogens is 300 g/mol. The smallest absolute Gasteiger partial charge is 0.261 e. The van der Waals surface area contributed by atoms with E-state index in [4.69, 9.17) is 11.6 Å². The fraction of sp³-hybridized carbons (Fsp3) is 0.750. The first-order chi connectivity index (χ1) is 9.46. The quantitative estimate of drug-likeness (QED) is 0.856. The van der Waals surface area contributed by atoms with Crippen LogP contribution in [-0.2, 0) is 17.1 Å². The van der Waals surface area contributed by atoms with Crippen LogP contribution in [-0.4, -0.2) is 48.2 Å². The minimum Gasteiger partial charge on any atom is -0.313 e. The van der Waals surface area contributed by atoms with Crippen LogP contribution in [0.5, 0.6) is 0 Å². The lowest BCUT2D eigenvalue weighted by molar-refractivity contribution is 0.366. The average molecular weight is 321 g/mol. The van der Waals surface area contributed by atoms with Crippen molar-refractivity contribution in [1.29, 1.82) is 0 Å². The Morgan fingerprint density at radius 2 is 2.35 bits per heavy atom. The van der Waals surface area contributed by atoms with Crippen LogP contribution < -0.4 is 5.32 Å². The standard InChI is InChI=1S/C12H21ClN4O2S/c1-3-7-17(9-10-5-4-6-14-10)20(18,19)12-11(13)8-15-16(12)2/h8,10,14H,3-7,9H2,1-2H3. The number of halogens is 1. The maximum atomic E-state index is 12.8. The van der Waals surface area contributed by atoms with Crippen LogP contribution in [0.4, 0.5) is 0 Å². The van der Waals surface area contributed by atoms with Crippen LogP contribution in [0.25, 0.3) is 0 Å². The second-order valence-corrected chi connectivity index (χ2v) is 7.34. The number of nitrogens with zero attached hydrogens (tertiary/aromatic N) is 3. The summed E-state index contributed by atoms with van der Waals surface area (Å²) in [6, 6.07) is 0.225. The van der Waals surface area contributed by atoms with Crippen molar-refractivity contribution >= 4 is 21.6 Å².